The summed E-state index contributed by atoms with van der Waals surface area (Å²) in [6, 6.07) is 0.360. The number of allylic oxidation sites excluding steroid dienone is 1. The molecule has 1 heterocycles. The van der Waals surface area contributed by atoms with E-state index in [2.05, 4.69) is 50.4 Å². The van der Waals surface area contributed by atoms with Gasteiger partial charge in [-0.25, -0.2) is 4.99 Å². The molecule has 3 heteroatoms. The third kappa shape index (κ3) is 2.60. The van der Waals surface area contributed by atoms with Crippen molar-refractivity contribution in [2.24, 2.45) is 16.6 Å². The van der Waals surface area contributed by atoms with E-state index in [0.717, 1.165) is 17.1 Å². The summed E-state index contributed by atoms with van der Waals surface area (Å²) in [6.45, 7) is 14.2. The van der Waals surface area contributed by atoms with Gasteiger partial charge in [0.15, 0.2) is 0 Å². The number of nitrogens with two attached hydrogens (primary N) is 1. The maximum Gasteiger partial charge on any atom is 0.142 e. The number of rotatable bonds is 3. The van der Waals surface area contributed by atoms with Crippen molar-refractivity contribution in [3.8, 4) is 0 Å². The second-order valence-corrected chi connectivity index (χ2v) is 4.93. The summed E-state index contributed by atoms with van der Waals surface area (Å²) in [7, 11) is 0. The van der Waals surface area contributed by atoms with Crippen molar-refractivity contribution in [2.45, 2.75) is 40.7 Å². The molecule has 2 N–H and O–H groups in total. The van der Waals surface area contributed by atoms with Crippen LogP contribution < -0.4 is 5.73 Å². The Kier molecular flexibility index (Phi) is 4.16. The largest absolute Gasteiger partial charge is 0.402 e. The van der Waals surface area contributed by atoms with Gasteiger partial charge in [-0.2, -0.15) is 0 Å². The van der Waals surface area contributed by atoms with Gasteiger partial charge in [-0.05, 0) is 32.3 Å². The summed E-state index contributed by atoms with van der Waals surface area (Å²) in [5, 5.41) is 0. The molecule has 0 fully saturated rings. The van der Waals surface area contributed by atoms with Crippen LogP contribution in [-0.2, 0) is 0 Å². The topological polar surface area (TPSA) is 41.6 Å². The van der Waals surface area contributed by atoms with Gasteiger partial charge in [-0.15, -0.1) is 0 Å². The van der Waals surface area contributed by atoms with Crippen molar-refractivity contribution >= 4 is 5.84 Å². The van der Waals surface area contributed by atoms with Crippen LogP contribution in [0.15, 0.2) is 40.8 Å². The number of amidine groups is 1. The van der Waals surface area contributed by atoms with Gasteiger partial charge in [0.25, 0.3) is 0 Å². The third-order valence-corrected chi connectivity index (χ3v) is 2.82. The van der Waals surface area contributed by atoms with Gasteiger partial charge in [0.05, 0.1) is 0 Å². The molecule has 3 nitrogen and oxygen atoms in total. The maximum atomic E-state index is 6.01. The van der Waals surface area contributed by atoms with Crippen LogP contribution in [0, 0.1) is 5.92 Å². The van der Waals surface area contributed by atoms with Crippen LogP contribution in [0.5, 0.6) is 0 Å². The second-order valence-electron chi connectivity index (χ2n) is 4.93. The SMILES string of the molecule is C=C/N=C1\C(=C(/C)N)C(C(C)C)=CN1C(C)C. The van der Waals surface area contributed by atoms with Gasteiger partial charge in [0, 0.05) is 29.7 Å². The first kappa shape index (κ1) is 13.6. The predicted molar refractivity (Wildman–Crippen MR) is 74.4 cm³/mol. The first-order chi connectivity index (χ1) is 7.90. The summed E-state index contributed by atoms with van der Waals surface area (Å²) in [6.07, 6.45) is 3.73. The molecule has 0 aromatic heterocycles. The summed E-state index contributed by atoms with van der Waals surface area (Å²) in [5.74, 6) is 1.35. The zero-order chi connectivity index (χ0) is 13.2. The minimum atomic E-state index is 0.360. The molecule has 0 aromatic rings. The van der Waals surface area contributed by atoms with Gasteiger partial charge < -0.3 is 10.6 Å². The predicted octanol–water partition coefficient (Wildman–Crippen LogP) is 3.03. The molecule has 0 aromatic carbocycles. The van der Waals surface area contributed by atoms with E-state index in [1.807, 2.05) is 6.92 Å². The molecule has 17 heavy (non-hydrogen) atoms. The Balaban J connectivity index is 3.35. The first-order valence-corrected chi connectivity index (χ1v) is 6.06. The molecule has 0 spiro atoms. The zero-order valence-electron chi connectivity index (χ0n) is 11.5. The molecule has 0 saturated carbocycles. The molecule has 94 valence electrons. The highest BCUT2D eigenvalue weighted by Crippen LogP contribution is 2.31. The van der Waals surface area contributed by atoms with Crippen molar-refractivity contribution in [2.75, 3.05) is 0 Å². The molecule has 0 amide bonds. The second kappa shape index (κ2) is 5.21. The fourth-order valence-electron chi connectivity index (χ4n) is 1.99. The van der Waals surface area contributed by atoms with E-state index in [-0.39, 0.29) is 0 Å². The fraction of sp³-hybridized carbons (Fsp3) is 0.500. The number of nitrogens with zero attached hydrogens (tertiary/aromatic N) is 2. The Bertz CT molecular complexity index is 394. The summed E-state index contributed by atoms with van der Waals surface area (Å²) in [5.41, 5.74) is 9.13. The number of hydrogen-bond acceptors (Lipinski definition) is 2. The lowest BCUT2D eigenvalue weighted by molar-refractivity contribution is 0.464. The fourth-order valence-corrected chi connectivity index (χ4v) is 1.99. The van der Waals surface area contributed by atoms with Gasteiger partial charge in [0.2, 0.25) is 0 Å². The summed E-state index contributed by atoms with van der Waals surface area (Å²) < 4.78 is 0. The van der Waals surface area contributed by atoms with Crippen molar-refractivity contribution in [1.82, 2.24) is 4.90 Å². The Morgan fingerprint density at radius 2 is 2.00 bits per heavy atom. The van der Waals surface area contributed by atoms with Gasteiger partial charge >= 0.3 is 0 Å². The van der Waals surface area contributed by atoms with Crippen LogP contribution in [0.4, 0.5) is 0 Å². The molecular formula is C14H23N3. The van der Waals surface area contributed by atoms with Crippen LogP contribution in [-0.4, -0.2) is 16.8 Å². The first-order valence-electron chi connectivity index (χ1n) is 6.06. The van der Waals surface area contributed by atoms with E-state index in [9.17, 15) is 0 Å². The van der Waals surface area contributed by atoms with Crippen LogP contribution in [0.25, 0.3) is 0 Å². The number of hydrogen-bond donors (Lipinski definition) is 1. The van der Waals surface area contributed by atoms with Crippen molar-refractivity contribution in [3.05, 3.63) is 35.8 Å². The van der Waals surface area contributed by atoms with E-state index >= 15 is 0 Å². The molecule has 1 aliphatic heterocycles. The van der Waals surface area contributed by atoms with Gasteiger partial charge in [-0.3, -0.25) is 0 Å². The molecule has 0 atom stereocenters. The molecule has 0 unspecified atom stereocenters. The van der Waals surface area contributed by atoms with Crippen LogP contribution >= 0.6 is 0 Å². The molecule has 0 radical (unpaired) electrons. The lowest BCUT2D eigenvalue weighted by atomic mass is 9.96. The Labute approximate surface area is 104 Å². The standard InChI is InChI=1S/C14H23N3/c1-7-16-14-13(11(6)15)12(9(2)3)8-17(14)10(4)5/h7-10H,1,15H2,2-6H3/b13-11+,16-14+. The Morgan fingerprint density at radius 3 is 2.35 bits per heavy atom. The molecular weight excluding hydrogens is 210 g/mol. The Morgan fingerprint density at radius 1 is 1.41 bits per heavy atom. The van der Waals surface area contributed by atoms with Crippen molar-refractivity contribution < 1.29 is 0 Å². The van der Waals surface area contributed by atoms with Gasteiger partial charge in [-0.1, -0.05) is 20.4 Å². The zero-order valence-corrected chi connectivity index (χ0v) is 11.5. The van der Waals surface area contributed by atoms with Crippen molar-refractivity contribution in [3.63, 3.8) is 0 Å². The van der Waals surface area contributed by atoms with E-state index in [0.29, 0.717) is 12.0 Å². The minimum absolute atomic E-state index is 0.360. The van der Waals surface area contributed by atoms with Crippen LogP contribution in [0.3, 0.4) is 0 Å². The average molecular weight is 233 g/mol. The third-order valence-electron chi connectivity index (χ3n) is 2.82. The van der Waals surface area contributed by atoms with E-state index in [1.54, 1.807) is 6.20 Å². The summed E-state index contributed by atoms with van der Waals surface area (Å²) >= 11 is 0. The quantitative estimate of drug-likeness (QED) is 0.814. The highest BCUT2D eigenvalue weighted by Gasteiger charge is 2.29. The highest BCUT2D eigenvalue weighted by atomic mass is 15.2. The number of aliphatic imine (C=N–C) groups is 1. The minimum Gasteiger partial charge on any atom is -0.402 e. The molecule has 1 aliphatic rings. The normalized spacial score (nSPS) is 21.5. The molecule has 0 bridgehead atoms. The van der Waals surface area contributed by atoms with Gasteiger partial charge in [0.1, 0.15) is 5.84 Å². The Hall–Kier alpha value is -1.51. The lowest BCUT2D eigenvalue weighted by Gasteiger charge is -2.21. The lowest BCUT2D eigenvalue weighted by Crippen LogP contribution is -2.30. The van der Waals surface area contributed by atoms with Crippen LogP contribution in [0.2, 0.25) is 0 Å². The highest BCUT2D eigenvalue weighted by molar-refractivity contribution is 6.06. The van der Waals surface area contributed by atoms with Crippen LogP contribution in [0.1, 0.15) is 34.6 Å². The van der Waals surface area contributed by atoms with E-state index in [4.69, 9.17) is 5.73 Å². The average Bonchev–Trinajstić information content (AvgIpc) is 2.57. The van der Waals surface area contributed by atoms with Crippen molar-refractivity contribution in [1.29, 1.82) is 0 Å². The molecule has 0 saturated heterocycles. The maximum absolute atomic E-state index is 6.01. The van der Waals surface area contributed by atoms with E-state index < -0.39 is 0 Å². The molecule has 0 aliphatic carbocycles. The summed E-state index contributed by atoms with van der Waals surface area (Å²) in [4.78, 5) is 6.53. The van der Waals surface area contributed by atoms with E-state index in [1.165, 1.54) is 5.57 Å². The smallest absolute Gasteiger partial charge is 0.142 e. The monoisotopic (exact) mass is 233 g/mol. The molecule has 1 rings (SSSR count).